The van der Waals surface area contributed by atoms with E-state index in [-0.39, 0.29) is 11.4 Å². The summed E-state index contributed by atoms with van der Waals surface area (Å²) in [5.41, 5.74) is 1.44. The largest absolute Gasteiger partial charge is 0.381 e. The van der Waals surface area contributed by atoms with Crippen LogP contribution in [-0.2, 0) is 6.54 Å². The van der Waals surface area contributed by atoms with E-state index in [1.807, 2.05) is 0 Å². The zero-order valence-electron chi connectivity index (χ0n) is 10.7. The number of non-ortho nitro benzene ring substituents is 1. The number of halogens is 1. The number of hydrogen-bond donors (Lipinski definition) is 1. The third-order valence-corrected chi connectivity index (χ3v) is 3.40. The predicted octanol–water partition coefficient (Wildman–Crippen LogP) is 3.88. The second kappa shape index (κ2) is 6.31. The van der Waals surface area contributed by atoms with Gasteiger partial charge in [0.15, 0.2) is 0 Å². The second-order valence-electron chi connectivity index (χ2n) is 4.20. The zero-order valence-corrected chi connectivity index (χ0v) is 12.2. The highest BCUT2D eigenvalue weighted by Gasteiger charge is 2.11. The van der Waals surface area contributed by atoms with E-state index in [0.29, 0.717) is 16.7 Å². The fourth-order valence-electron chi connectivity index (χ4n) is 1.75. The molecule has 0 aromatic heterocycles. The van der Waals surface area contributed by atoms with E-state index in [9.17, 15) is 20.2 Å². The van der Waals surface area contributed by atoms with Gasteiger partial charge in [-0.05, 0) is 33.6 Å². The molecule has 0 bridgehead atoms. The molecule has 2 rings (SSSR count). The van der Waals surface area contributed by atoms with E-state index in [4.69, 9.17) is 0 Å². The van der Waals surface area contributed by atoms with Crippen LogP contribution in [0.15, 0.2) is 46.9 Å². The van der Waals surface area contributed by atoms with E-state index in [1.165, 1.54) is 18.2 Å². The molecule has 108 valence electrons. The van der Waals surface area contributed by atoms with E-state index in [0.717, 1.165) is 5.56 Å². The molecule has 0 heterocycles. The van der Waals surface area contributed by atoms with Gasteiger partial charge in [0.2, 0.25) is 0 Å². The minimum Gasteiger partial charge on any atom is -0.381 e. The third kappa shape index (κ3) is 3.76. The van der Waals surface area contributed by atoms with E-state index >= 15 is 0 Å². The van der Waals surface area contributed by atoms with Crippen molar-refractivity contribution >= 4 is 33.0 Å². The van der Waals surface area contributed by atoms with Gasteiger partial charge < -0.3 is 5.32 Å². The number of nitro groups is 2. The molecule has 0 aliphatic heterocycles. The Hall–Kier alpha value is -2.48. The molecule has 2 aromatic rings. The number of hydrogen-bond acceptors (Lipinski definition) is 5. The van der Waals surface area contributed by atoms with Crippen molar-refractivity contribution in [2.75, 3.05) is 5.32 Å². The van der Waals surface area contributed by atoms with Crippen molar-refractivity contribution in [3.8, 4) is 0 Å². The van der Waals surface area contributed by atoms with Crippen molar-refractivity contribution in [1.29, 1.82) is 0 Å². The van der Waals surface area contributed by atoms with Crippen LogP contribution in [0.5, 0.6) is 0 Å². The lowest BCUT2D eigenvalue weighted by Crippen LogP contribution is -2.00. The molecule has 0 fully saturated rings. The lowest BCUT2D eigenvalue weighted by atomic mass is 10.2. The first-order valence-corrected chi connectivity index (χ1v) is 6.68. The molecule has 0 radical (unpaired) electrons. The van der Waals surface area contributed by atoms with E-state index < -0.39 is 9.85 Å². The van der Waals surface area contributed by atoms with Crippen LogP contribution >= 0.6 is 15.9 Å². The van der Waals surface area contributed by atoms with Crippen LogP contribution in [0.1, 0.15) is 5.56 Å². The number of anilines is 1. The summed E-state index contributed by atoms with van der Waals surface area (Å²) < 4.78 is 0.372. The lowest BCUT2D eigenvalue weighted by molar-refractivity contribution is -0.385. The van der Waals surface area contributed by atoms with Gasteiger partial charge in [-0.1, -0.05) is 12.1 Å². The van der Waals surface area contributed by atoms with Crippen LogP contribution in [0.2, 0.25) is 0 Å². The molecule has 0 aliphatic rings. The summed E-state index contributed by atoms with van der Waals surface area (Å²) in [6.07, 6.45) is 0. The number of nitro benzene ring substituents is 2. The van der Waals surface area contributed by atoms with Crippen molar-refractivity contribution in [3.05, 3.63) is 72.7 Å². The predicted molar refractivity (Wildman–Crippen MR) is 81.2 cm³/mol. The van der Waals surface area contributed by atoms with E-state index in [1.54, 1.807) is 24.3 Å². The standard InChI is InChI=1S/C13H10BrN3O4/c14-12-7-10(4-5-13(12)17(20)21)15-8-9-2-1-3-11(6-9)16(18)19/h1-7,15H,8H2. The zero-order chi connectivity index (χ0) is 15.4. The molecule has 8 heteroatoms. The molecule has 0 aliphatic carbocycles. The Morgan fingerprint density at radius 1 is 1.05 bits per heavy atom. The fraction of sp³-hybridized carbons (Fsp3) is 0.0769. The van der Waals surface area contributed by atoms with Crippen LogP contribution in [0.4, 0.5) is 17.1 Å². The minimum absolute atomic E-state index is 0.0177. The molecule has 0 saturated heterocycles. The van der Waals surface area contributed by atoms with Crippen LogP contribution in [0, 0.1) is 20.2 Å². The highest BCUT2D eigenvalue weighted by Crippen LogP contribution is 2.28. The van der Waals surface area contributed by atoms with Crippen molar-refractivity contribution in [2.45, 2.75) is 6.54 Å². The van der Waals surface area contributed by atoms with Crippen molar-refractivity contribution < 1.29 is 9.85 Å². The van der Waals surface area contributed by atoms with Crippen LogP contribution in [0.3, 0.4) is 0 Å². The Labute approximate surface area is 128 Å². The number of nitrogens with one attached hydrogen (secondary N) is 1. The van der Waals surface area contributed by atoms with Gasteiger partial charge in [0.05, 0.1) is 14.3 Å². The highest BCUT2D eigenvalue weighted by atomic mass is 79.9. The molecule has 0 unspecified atom stereocenters. The Morgan fingerprint density at radius 3 is 2.43 bits per heavy atom. The number of rotatable bonds is 5. The van der Waals surface area contributed by atoms with Crippen molar-refractivity contribution in [1.82, 2.24) is 0 Å². The third-order valence-electron chi connectivity index (χ3n) is 2.76. The maximum atomic E-state index is 10.7. The molecule has 0 amide bonds. The summed E-state index contributed by atoms with van der Waals surface area (Å²) in [5.74, 6) is 0. The van der Waals surface area contributed by atoms with Crippen LogP contribution in [-0.4, -0.2) is 9.85 Å². The minimum atomic E-state index is -0.478. The smallest absolute Gasteiger partial charge is 0.283 e. The average molecular weight is 352 g/mol. The van der Waals surface area contributed by atoms with Gasteiger partial charge >= 0.3 is 0 Å². The molecule has 2 aromatic carbocycles. The molecular formula is C13H10BrN3O4. The monoisotopic (exact) mass is 351 g/mol. The van der Waals surface area contributed by atoms with Crippen LogP contribution in [0.25, 0.3) is 0 Å². The normalized spacial score (nSPS) is 10.1. The van der Waals surface area contributed by atoms with Gasteiger partial charge in [-0.25, -0.2) is 0 Å². The van der Waals surface area contributed by atoms with Gasteiger partial charge in [0.25, 0.3) is 11.4 Å². The summed E-state index contributed by atoms with van der Waals surface area (Å²) >= 11 is 3.13. The van der Waals surface area contributed by atoms with Crippen molar-refractivity contribution in [2.24, 2.45) is 0 Å². The molecule has 1 N–H and O–H groups in total. The first-order chi connectivity index (χ1) is 9.97. The van der Waals surface area contributed by atoms with Gasteiger partial charge in [0, 0.05) is 30.4 Å². The maximum Gasteiger partial charge on any atom is 0.283 e. The molecular weight excluding hydrogens is 342 g/mol. The summed E-state index contributed by atoms with van der Waals surface area (Å²) in [6.45, 7) is 0.381. The number of nitrogens with zero attached hydrogens (tertiary/aromatic N) is 2. The first-order valence-electron chi connectivity index (χ1n) is 5.88. The van der Waals surface area contributed by atoms with E-state index in [2.05, 4.69) is 21.2 Å². The Balaban J connectivity index is 2.10. The SMILES string of the molecule is O=[N+]([O-])c1cccc(CNc2ccc([N+](=O)[O-])c(Br)c2)c1. The number of benzene rings is 2. The second-order valence-corrected chi connectivity index (χ2v) is 5.06. The Bertz CT molecular complexity index is 706. The van der Waals surface area contributed by atoms with Gasteiger partial charge in [0.1, 0.15) is 0 Å². The maximum absolute atomic E-state index is 10.7. The lowest BCUT2D eigenvalue weighted by Gasteiger charge is -2.07. The Morgan fingerprint density at radius 2 is 1.81 bits per heavy atom. The summed E-state index contributed by atoms with van der Waals surface area (Å²) in [5, 5.41) is 24.5. The first kappa shape index (κ1) is 14.9. The molecule has 0 atom stereocenters. The molecule has 21 heavy (non-hydrogen) atoms. The molecule has 0 saturated carbocycles. The van der Waals surface area contributed by atoms with Gasteiger partial charge in [-0.15, -0.1) is 0 Å². The summed E-state index contributed by atoms with van der Waals surface area (Å²) in [7, 11) is 0. The molecule has 7 nitrogen and oxygen atoms in total. The Kier molecular flexibility index (Phi) is 4.49. The van der Waals surface area contributed by atoms with Crippen molar-refractivity contribution in [3.63, 3.8) is 0 Å². The highest BCUT2D eigenvalue weighted by molar-refractivity contribution is 9.10. The average Bonchev–Trinajstić information content (AvgIpc) is 2.45. The topological polar surface area (TPSA) is 98.3 Å². The van der Waals surface area contributed by atoms with Gasteiger partial charge in [-0.3, -0.25) is 20.2 Å². The van der Waals surface area contributed by atoms with Gasteiger partial charge in [-0.2, -0.15) is 0 Å². The summed E-state index contributed by atoms with van der Waals surface area (Å²) in [6, 6.07) is 10.8. The fourth-order valence-corrected chi connectivity index (χ4v) is 2.27. The van der Waals surface area contributed by atoms with Crippen LogP contribution < -0.4 is 5.32 Å². The quantitative estimate of drug-likeness (QED) is 0.650. The summed E-state index contributed by atoms with van der Waals surface area (Å²) in [4.78, 5) is 20.5. The molecule has 0 spiro atoms.